The van der Waals surface area contributed by atoms with E-state index in [4.69, 9.17) is 22.7 Å². The SMILES string of the molecule is COc1csc(C(=O)NC2(C(N)=S)CCN(C)CC2)c1. The van der Waals surface area contributed by atoms with Crippen LogP contribution in [0.15, 0.2) is 11.4 Å². The molecule has 0 atom stereocenters. The van der Waals surface area contributed by atoms with Gasteiger partial charge in [0.1, 0.15) is 5.75 Å². The zero-order valence-corrected chi connectivity index (χ0v) is 13.3. The first kappa shape index (κ1) is 15.2. The van der Waals surface area contributed by atoms with Crippen LogP contribution in [0.3, 0.4) is 0 Å². The van der Waals surface area contributed by atoms with E-state index in [-0.39, 0.29) is 5.91 Å². The molecular weight excluding hydrogens is 294 g/mol. The maximum absolute atomic E-state index is 12.3. The molecule has 3 N–H and O–H groups in total. The van der Waals surface area contributed by atoms with Crippen LogP contribution in [0, 0.1) is 0 Å². The zero-order chi connectivity index (χ0) is 14.8. The van der Waals surface area contributed by atoms with Gasteiger partial charge in [0, 0.05) is 24.5 Å². The molecule has 7 heteroatoms. The summed E-state index contributed by atoms with van der Waals surface area (Å²) in [7, 11) is 3.63. The Morgan fingerprint density at radius 3 is 2.70 bits per heavy atom. The van der Waals surface area contributed by atoms with Gasteiger partial charge >= 0.3 is 0 Å². The van der Waals surface area contributed by atoms with E-state index in [1.54, 1.807) is 18.6 Å². The van der Waals surface area contributed by atoms with E-state index in [0.29, 0.717) is 15.6 Å². The number of hydrogen-bond donors (Lipinski definition) is 2. The Bertz CT molecular complexity index is 507. The molecule has 1 amide bonds. The number of rotatable bonds is 4. The fourth-order valence-electron chi connectivity index (χ4n) is 2.26. The Hall–Kier alpha value is -1.18. The van der Waals surface area contributed by atoms with E-state index in [1.165, 1.54) is 11.3 Å². The summed E-state index contributed by atoms with van der Waals surface area (Å²) >= 11 is 6.54. The van der Waals surface area contributed by atoms with Gasteiger partial charge in [-0.05, 0) is 19.9 Å². The molecule has 1 aliphatic heterocycles. The number of methoxy groups -OCH3 is 1. The monoisotopic (exact) mass is 313 g/mol. The summed E-state index contributed by atoms with van der Waals surface area (Å²) in [6.45, 7) is 1.73. The van der Waals surface area contributed by atoms with Gasteiger partial charge in [0.2, 0.25) is 0 Å². The van der Waals surface area contributed by atoms with Gasteiger partial charge in [-0.3, -0.25) is 4.79 Å². The van der Waals surface area contributed by atoms with Gasteiger partial charge in [-0.25, -0.2) is 0 Å². The molecule has 1 saturated heterocycles. The number of carbonyl (C=O) groups is 1. The molecule has 0 bridgehead atoms. The normalized spacial score (nSPS) is 18.5. The molecular formula is C13H19N3O2S2. The maximum Gasteiger partial charge on any atom is 0.262 e. The summed E-state index contributed by atoms with van der Waals surface area (Å²) in [5.74, 6) is 0.545. The first-order valence-electron chi connectivity index (χ1n) is 6.40. The van der Waals surface area contributed by atoms with Crippen molar-refractivity contribution >= 4 is 34.5 Å². The van der Waals surface area contributed by atoms with Crippen LogP contribution >= 0.6 is 23.6 Å². The number of nitrogens with zero attached hydrogens (tertiary/aromatic N) is 1. The van der Waals surface area contributed by atoms with Crippen molar-refractivity contribution in [2.75, 3.05) is 27.2 Å². The fraction of sp³-hybridized carbons (Fsp3) is 0.538. The summed E-state index contributed by atoms with van der Waals surface area (Å²) in [6, 6.07) is 1.72. The molecule has 20 heavy (non-hydrogen) atoms. The van der Waals surface area contributed by atoms with Crippen molar-refractivity contribution in [2.24, 2.45) is 5.73 Å². The summed E-state index contributed by atoms with van der Waals surface area (Å²) in [5, 5.41) is 4.83. The minimum atomic E-state index is -0.573. The third-order valence-corrected chi connectivity index (χ3v) is 5.00. The minimum absolute atomic E-state index is 0.143. The van der Waals surface area contributed by atoms with Crippen molar-refractivity contribution in [1.29, 1.82) is 0 Å². The first-order chi connectivity index (χ1) is 9.47. The standard InChI is InChI=1S/C13H19N3O2S2/c1-16-5-3-13(4-6-16,12(14)19)15-11(17)10-7-9(18-2)8-20-10/h7-8H,3-6H2,1-2H3,(H2,14,19)(H,15,17). The number of amides is 1. The first-order valence-corrected chi connectivity index (χ1v) is 7.69. The number of nitrogens with two attached hydrogens (primary N) is 1. The maximum atomic E-state index is 12.3. The lowest BCUT2D eigenvalue weighted by atomic mass is 9.87. The van der Waals surface area contributed by atoms with Crippen LogP contribution in [0.25, 0.3) is 0 Å². The molecule has 2 heterocycles. The molecule has 0 radical (unpaired) electrons. The Balaban J connectivity index is 2.12. The van der Waals surface area contributed by atoms with Gasteiger partial charge in [-0.15, -0.1) is 11.3 Å². The molecule has 0 aliphatic carbocycles. The molecule has 1 aromatic heterocycles. The predicted molar refractivity (Wildman–Crippen MR) is 84.6 cm³/mol. The van der Waals surface area contributed by atoms with Crippen molar-refractivity contribution in [1.82, 2.24) is 10.2 Å². The number of ether oxygens (including phenoxy) is 1. The molecule has 1 fully saturated rings. The quantitative estimate of drug-likeness (QED) is 0.819. The van der Waals surface area contributed by atoms with Crippen LogP contribution in [0.2, 0.25) is 0 Å². The number of likely N-dealkylation sites (tertiary alicyclic amines) is 1. The molecule has 0 unspecified atom stereocenters. The number of thiophene rings is 1. The number of piperidine rings is 1. The largest absolute Gasteiger partial charge is 0.496 e. The predicted octanol–water partition coefficient (Wildman–Crippen LogP) is 1.24. The van der Waals surface area contributed by atoms with Gasteiger partial charge in [-0.2, -0.15) is 0 Å². The van der Waals surface area contributed by atoms with E-state index in [2.05, 4.69) is 17.3 Å². The summed E-state index contributed by atoms with van der Waals surface area (Å²) in [4.78, 5) is 15.5. The van der Waals surface area contributed by atoms with Crippen LogP contribution in [0.5, 0.6) is 5.75 Å². The molecule has 5 nitrogen and oxygen atoms in total. The number of thiocarbonyl (C=S) groups is 1. The summed E-state index contributed by atoms with van der Waals surface area (Å²) in [6.07, 6.45) is 1.49. The highest BCUT2D eigenvalue weighted by atomic mass is 32.1. The molecule has 110 valence electrons. The van der Waals surface area contributed by atoms with Crippen LogP contribution in [-0.4, -0.2) is 48.6 Å². The second-order valence-corrected chi connectivity index (χ2v) is 6.41. The lowest BCUT2D eigenvalue weighted by molar-refractivity contribution is 0.0894. The van der Waals surface area contributed by atoms with E-state index in [9.17, 15) is 4.79 Å². The molecule has 1 aromatic rings. The van der Waals surface area contributed by atoms with Crippen molar-refractivity contribution in [3.05, 3.63) is 16.3 Å². The second-order valence-electron chi connectivity index (χ2n) is 5.05. The fourth-order valence-corrected chi connectivity index (χ4v) is 3.26. The highest BCUT2D eigenvalue weighted by Crippen LogP contribution is 2.25. The third kappa shape index (κ3) is 3.11. The smallest absolute Gasteiger partial charge is 0.262 e. The Morgan fingerprint density at radius 2 is 2.20 bits per heavy atom. The van der Waals surface area contributed by atoms with E-state index in [0.717, 1.165) is 25.9 Å². The van der Waals surface area contributed by atoms with Gasteiger partial charge in [-0.1, -0.05) is 12.2 Å². The number of carbonyl (C=O) groups excluding carboxylic acids is 1. The van der Waals surface area contributed by atoms with E-state index >= 15 is 0 Å². The van der Waals surface area contributed by atoms with Crippen molar-refractivity contribution < 1.29 is 9.53 Å². The Labute approximate surface area is 128 Å². The van der Waals surface area contributed by atoms with Crippen LogP contribution in [-0.2, 0) is 0 Å². The average Bonchev–Trinajstić information content (AvgIpc) is 2.90. The van der Waals surface area contributed by atoms with Gasteiger partial charge in [0.05, 0.1) is 22.5 Å². The zero-order valence-electron chi connectivity index (χ0n) is 11.6. The highest BCUT2D eigenvalue weighted by Gasteiger charge is 2.38. The molecule has 0 saturated carbocycles. The molecule has 0 spiro atoms. The Morgan fingerprint density at radius 1 is 1.55 bits per heavy atom. The highest BCUT2D eigenvalue weighted by molar-refractivity contribution is 7.80. The average molecular weight is 313 g/mol. The van der Waals surface area contributed by atoms with Crippen LogP contribution in [0.4, 0.5) is 0 Å². The topological polar surface area (TPSA) is 67.6 Å². The van der Waals surface area contributed by atoms with E-state index < -0.39 is 5.54 Å². The second kappa shape index (κ2) is 6.07. The van der Waals surface area contributed by atoms with Crippen molar-refractivity contribution in [3.8, 4) is 5.75 Å². The van der Waals surface area contributed by atoms with E-state index in [1.807, 2.05) is 0 Å². The molecule has 1 aliphatic rings. The van der Waals surface area contributed by atoms with Crippen LogP contribution < -0.4 is 15.8 Å². The van der Waals surface area contributed by atoms with Gasteiger partial charge in [0.25, 0.3) is 5.91 Å². The summed E-state index contributed by atoms with van der Waals surface area (Å²) < 4.78 is 5.09. The molecule has 0 aromatic carbocycles. The van der Waals surface area contributed by atoms with Gasteiger partial charge < -0.3 is 20.7 Å². The third-order valence-electron chi connectivity index (χ3n) is 3.70. The minimum Gasteiger partial charge on any atom is -0.496 e. The Kier molecular flexibility index (Phi) is 4.62. The van der Waals surface area contributed by atoms with Crippen molar-refractivity contribution in [2.45, 2.75) is 18.4 Å². The summed E-state index contributed by atoms with van der Waals surface area (Å²) in [5.41, 5.74) is 5.31. The van der Waals surface area contributed by atoms with Crippen molar-refractivity contribution in [3.63, 3.8) is 0 Å². The lowest BCUT2D eigenvalue weighted by Gasteiger charge is -2.40. The van der Waals surface area contributed by atoms with Gasteiger partial charge in [0.15, 0.2) is 0 Å². The lowest BCUT2D eigenvalue weighted by Crippen LogP contribution is -2.61. The number of nitrogens with one attached hydrogen (secondary N) is 1. The number of hydrogen-bond acceptors (Lipinski definition) is 5. The van der Waals surface area contributed by atoms with Crippen LogP contribution in [0.1, 0.15) is 22.5 Å². The molecule has 2 rings (SSSR count).